The Labute approximate surface area is 201 Å². The average Bonchev–Trinajstić information content (AvgIpc) is 2.84. The molecule has 3 atom stereocenters. The smallest absolute Gasteiger partial charge is 0.247 e. The lowest BCUT2D eigenvalue weighted by molar-refractivity contribution is -0.131. The van der Waals surface area contributed by atoms with Gasteiger partial charge in [-0.2, -0.15) is 4.31 Å². The van der Waals surface area contributed by atoms with Crippen LogP contribution in [0.25, 0.3) is 0 Å². The fourth-order valence-corrected chi connectivity index (χ4v) is 5.57. The fraction of sp³-hybridized carbons (Fsp3) is 0.440. The average molecular weight is 486 g/mol. The van der Waals surface area contributed by atoms with Crippen LogP contribution in [0.2, 0.25) is 0 Å². The highest BCUT2D eigenvalue weighted by Crippen LogP contribution is 2.34. The van der Waals surface area contributed by atoms with Gasteiger partial charge < -0.3 is 14.7 Å². The molecule has 34 heavy (non-hydrogen) atoms. The molecule has 1 aliphatic rings. The van der Waals surface area contributed by atoms with Crippen molar-refractivity contribution < 1.29 is 23.1 Å². The monoisotopic (exact) mass is 485 g/mol. The number of nitrogens with zero attached hydrogens (tertiary/aromatic N) is 3. The van der Waals surface area contributed by atoms with Crippen molar-refractivity contribution in [1.29, 1.82) is 0 Å². The Morgan fingerprint density at radius 1 is 1.26 bits per heavy atom. The molecule has 3 rings (SSSR count). The Morgan fingerprint density at radius 2 is 1.94 bits per heavy atom. The molecule has 2 aromatic rings. The maximum Gasteiger partial charge on any atom is 0.247 e. The standard InChI is InChI=1S/C25H31N3O5S/c1-5-25(30)27(4)16-23-18(2)15-28(19(3)17-29)34(31,32)24-9-8-21(14-22(24)33-23)7-6-20-10-12-26-13-11-20/h8-14,18-19,23,29H,5,15-17H2,1-4H3/t18-,19+,23+/m0/s1. The van der Waals surface area contributed by atoms with E-state index in [1.807, 2.05) is 6.92 Å². The molecule has 0 aliphatic carbocycles. The fourth-order valence-electron chi connectivity index (χ4n) is 3.74. The molecule has 1 aliphatic heterocycles. The molecular weight excluding hydrogens is 454 g/mol. The van der Waals surface area contributed by atoms with Gasteiger partial charge in [0, 0.05) is 55.5 Å². The number of pyridine rings is 1. The van der Waals surface area contributed by atoms with Crippen LogP contribution in [0, 0.1) is 17.8 Å². The van der Waals surface area contributed by atoms with Gasteiger partial charge in [-0.15, -0.1) is 0 Å². The van der Waals surface area contributed by atoms with E-state index in [0.717, 1.165) is 5.56 Å². The number of aromatic nitrogens is 1. The van der Waals surface area contributed by atoms with Crippen LogP contribution in [0.15, 0.2) is 47.6 Å². The summed E-state index contributed by atoms with van der Waals surface area (Å²) in [6, 6.07) is 7.71. The number of aliphatic hydroxyl groups is 1. The van der Waals surface area contributed by atoms with Crippen molar-refractivity contribution in [2.75, 3.05) is 26.7 Å². The maximum absolute atomic E-state index is 13.5. The van der Waals surface area contributed by atoms with Gasteiger partial charge in [0.25, 0.3) is 0 Å². The molecule has 0 unspecified atom stereocenters. The highest BCUT2D eigenvalue weighted by Gasteiger charge is 2.38. The van der Waals surface area contributed by atoms with Crippen molar-refractivity contribution in [3.63, 3.8) is 0 Å². The third kappa shape index (κ3) is 5.76. The number of carbonyl (C=O) groups excluding carboxylic acids is 1. The number of sulfonamides is 1. The number of ether oxygens (including phenoxy) is 1. The van der Waals surface area contributed by atoms with Crippen LogP contribution < -0.4 is 4.74 Å². The molecule has 9 heteroatoms. The van der Waals surface area contributed by atoms with Gasteiger partial charge >= 0.3 is 0 Å². The van der Waals surface area contributed by atoms with Crippen molar-refractivity contribution in [2.24, 2.45) is 5.92 Å². The summed E-state index contributed by atoms with van der Waals surface area (Å²) in [7, 11) is -2.22. The van der Waals surface area contributed by atoms with E-state index < -0.39 is 22.2 Å². The zero-order valence-electron chi connectivity index (χ0n) is 19.9. The van der Waals surface area contributed by atoms with Gasteiger partial charge in [-0.1, -0.05) is 25.7 Å². The van der Waals surface area contributed by atoms with Gasteiger partial charge in [0.2, 0.25) is 15.9 Å². The number of carbonyl (C=O) groups is 1. The van der Waals surface area contributed by atoms with Crippen LogP contribution in [-0.2, 0) is 14.8 Å². The predicted octanol–water partition coefficient (Wildman–Crippen LogP) is 2.12. The number of hydrogen-bond donors (Lipinski definition) is 1. The normalized spacial score (nSPS) is 20.5. The van der Waals surface area contributed by atoms with Crippen LogP contribution >= 0.6 is 0 Å². The lowest BCUT2D eigenvalue weighted by Crippen LogP contribution is -2.50. The molecular formula is C25H31N3O5S. The Bertz CT molecular complexity index is 1170. The molecule has 1 aromatic heterocycles. The predicted molar refractivity (Wildman–Crippen MR) is 129 cm³/mol. The van der Waals surface area contributed by atoms with Crippen molar-refractivity contribution in [3.05, 3.63) is 53.9 Å². The SMILES string of the molecule is CCC(=O)N(C)C[C@H]1Oc2cc(C#Cc3ccncc3)ccc2S(=O)(=O)N([C@H](C)CO)C[C@@H]1C. The summed E-state index contributed by atoms with van der Waals surface area (Å²) < 4.78 is 34.6. The third-order valence-electron chi connectivity index (χ3n) is 5.88. The van der Waals surface area contributed by atoms with Crippen LogP contribution in [0.3, 0.4) is 0 Å². The summed E-state index contributed by atoms with van der Waals surface area (Å²) in [6.45, 7) is 5.51. The molecule has 2 heterocycles. The molecule has 1 aromatic carbocycles. The molecule has 0 bridgehead atoms. The molecule has 0 spiro atoms. The first kappa shape index (κ1) is 25.7. The van der Waals surface area contributed by atoms with Gasteiger partial charge in [-0.05, 0) is 37.3 Å². The van der Waals surface area contributed by atoms with E-state index in [4.69, 9.17) is 4.74 Å². The first-order chi connectivity index (χ1) is 16.2. The van der Waals surface area contributed by atoms with Crippen LogP contribution in [0.1, 0.15) is 38.3 Å². The van der Waals surface area contributed by atoms with Gasteiger partial charge in [0.15, 0.2) is 0 Å². The number of aliphatic hydroxyl groups excluding tert-OH is 1. The Kier molecular flexibility index (Phi) is 8.31. The van der Waals surface area contributed by atoms with E-state index in [9.17, 15) is 18.3 Å². The third-order valence-corrected chi connectivity index (χ3v) is 7.90. The minimum Gasteiger partial charge on any atom is -0.487 e. The largest absolute Gasteiger partial charge is 0.487 e. The number of likely N-dealkylation sites (N-methyl/N-ethyl adjacent to an activating group) is 1. The Balaban J connectivity index is 2.06. The summed E-state index contributed by atoms with van der Waals surface area (Å²) in [5.41, 5.74) is 1.38. The second-order valence-corrected chi connectivity index (χ2v) is 10.4. The molecule has 8 nitrogen and oxygen atoms in total. The van der Waals surface area contributed by atoms with Gasteiger partial charge in [0.05, 0.1) is 13.2 Å². The number of fused-ring (bicyclic) bond motifs is 1. The summed E-state index contributed by atoms with van der Waals surface area (Å²) >= 11 is 0. The number of hydrogen-bond acceptors (Lipinski definition) is 6. The van der Waals surface area contributed by atoms with Gasteiger partial charge in [-0.3, -0.25) is 9.78 Å². The van der Waals surface area contributed by atoms with Crippen molar-refractivity contribution in [3.8, 4) is 17.6 Å². The van der Waals surface area contributed by atoms with E-state index in [-0.39, 0.29) is 35.6 Å². The minimum absolute atomic E-state index is 0.0173. The summed E-state index contributed by atoms with van der Waals surface area (Å²) in [5, 5.41) is 9.74. The van der Waals surface area contributed by atoms with Crippen LogP contribution in [-0.4, -0.2) is 72.5 Å². The van der Waals surface area contributed by atoms with Crippen molar-refractivity contribution in [2.45, 2.75) is 44.2 Å². The second kappa shape index (κ2) is 11.0. The van der Waals surface area contributed by atoms with E-state index in [2.05, 4.69) is 16.8 Å². The Morgan fingerprint density at radius 3 is 2.59 bits per heavy atom. The number of benzene rings is 1. The summed E-state index contributed by atoms with van der Waals surface area (Å²) in [6.07, 6.45) is 3.21. The van der Waals surface area contributed by atoms with Crippen molar-refractivity contribution in [1.82, 2.24) is 14.2 Å². The van der Waals surface area contributed by atoms with Crippen LogP contribution in [0.4, 0.5) is 0 Å². The lowest BCUT2D eigenvalue weighted by Gasteiger charge is -2.37. The van der Waals surface area contributed by atoms with E-state index in [0.29, 0.717) is 18.5 Å². The van der Waals surface area contributed by atoms with Gasteiger partial charge in [0.1, 0.15) is 16.7 Å². The molecule has 0 radical (unpaired) electrons. The highest BCUT2D eigenvalue weighted by atomic mass is 32.2. The topological polar surface area (TPSA) is 100 Å². The molecule has 182 valence electrons. The zero-order chi connectivity index (χ0) is 24.9. The summed E-state index contributed by atoms with van der Waals surface area (Å²) in [4.78, 5) is 17.8. The lowest BCUT2D eigenvalue weighted by atomic mass is 10.0. The maximum atomic E-state index is 13.5. The van der Waals surface area contributed by atoms with Gasteiger partial charge in [-0.25, -0.2) is 8.42 Å². The molecule has 0 saturated heterocycles. The zero-order valence-corrected chi connectivity index (χ0v) is 20.7. The molecule has 0 fully saturated rings. The molecule has 1 amide bonds. The van der Waals surface area contributed by atoms with E-state index in [1.54, 1.807) is 62.5 Å². The van der Waals surface area contributed by atoms with Crippen LogP contribution in [0.5, 0.6) is 5.75 Å². The first-order valence-electron chi connectivity index (χ1n) is 11.3. The van der Waals surface area contributed by atoms with Crippen molar-refractivity contribution >= 4 is 15.9 Å². The number of rotatable bonds is 5. The second-order valence-electron chi connectivity index (χ2n) is 8.52. The van der Waals surface area contributed by atoms with E-state index in [1.165, 1.54) is 10.4 Å². The number of amides is 1. The Hall–Kier alpha value is -2.93. The minimum atomic E-state index is -3.93. The quantitative estimate of drug-likeness (QED) is 0.652. The van der Waals surface area contributed by atoms with E-state index >= 15 is 0 Å². The highest BCUT2D eigenvalue weighted by molar-refractivity contribution is 7.89. The molecule has 1 N–H and O–H groups in total. The molecule has 0 saturated carbocycles. The summed E-state index contributed by atoms with van der Waals surface area (Å²) in [5.74, 6) is 6.00. The first-order valence-corrected chi connectivity index (χ1v) is 12.7.